The molecule has 7 nitrogen and oxygen atoms in total. The van der Waals surface area contributed by atoms with Gasteiger partial charge in [0.15, 0.2) is 0 Å². The van der Waals surface area contributed by atoms with Gasteiger partial charge in [-0.3, -0.25) is 14.6 Å². The monoisotopic (exact) mass is 381 g/mol. The Kier molecular flexibility index (Phi) is 6.22. The SMILES string of the molecule is Cc1ccc(NC(=O)c2nnc(CCC(=O)NCc3cccnc3)s2)cc1. The second kappa shape index (κ2) is 9.00. The van der Waals surface area contributed by atoms with E-state index in [-0.39, 0.29) is 23.2 Å². The number of benzene rings is 1. The van der Waals surface area contributed by atoms with Crippen LogP contribution in [-0.4, -0.2) is 27.0 Å². The highest BCUT2D eigenvalue weighted by Gasteiger charge is 2.14. The van der Waals surface area contributed by atoms with Crippen molar-refractivity contribution in [1.29, 1.82) is 0 Å². The summed E-state index contributed by atoms with van der Waals surface area (Å²) in [6.07, 6.45) is 4.13. The minimum absolute atomic E-state index is 0.0836. The van der Waals surface area contributed by atoms with Gasteiger partial charge >= 0.3 is 0 Å². The number of hydrogen-bond acceptors (Lipinski definition) is 6. The molecular weight excluding hydrogens is 362 g/mol. The zero-order chi connectivity index (χ0) is 19.1. The van der Waals surface area contributed by atoms with E-state index in [1.807, 2.05) is 43.3 Å². The summed E-state index contributed by atoms with van der Waals surface area (Å²) in [6, 6.07) is 11.2. The van der Waals surface area contributed by atoms with E-state index < -0.39 is 0 Å². The Morgan fingerprint density at radius 2 is 1.93 bits per heavy atom. The number of amides is 2. The topological polar surface area (TPSA) is 96.9 Å². The van der Waals surface area contributed by atoms with Crippen LogP contribution in [0.2, 0.25) is 0 Å². The van der Waals surface area contributed by atoms with Crippen LogP contribution in [0.4, 0.5) is 5.69 Å². The predicted octanol–water partition coefficient (Wildman–Crippen LogP) is 2.74. The molecular formula is C19H19N5O2S. The maximum Gasteiger partial charge on any atom is 0.286 e. The molecule has 0 saturated carbocycles. The zero-order valence-electron chi connectivity index (χ0n) is 14.8. The molecule has 0 bridgehead atoms. The van der Waals surface area contributed by atoms with Crippen LogP contribution in [-0.2, 0) is 17.8 Å². The summed E-state index contributed by atoms with van der Waals surface area (Å²) in [5, 5.41) is 14.5. The Hall–Kier alpha value is -3.13. The van der Waals surface area contributed by atoms with E-state index in [0.29, 0.717) is 23.7 Å². The van der Waals surface area contributed by atoms with Crippen molar-refractivity contribution in [3.63, 3.8) is 0 Å². The van der Waals surface area contributed by atoms with Gasteiger partial charge in [-0.15, -0.1) is 10.2 Å². The van der Waals surface area contributed by atoms with Crippen LogP contribution in [0.3, 0.4) is 0 Å². The summed E-state index contributed by atoms with van der Waals surface area (Å²) in [4.78, 5) is 28.2. The van der Waals surface area contributed by atoms with Crippen molar-refractivity contribution in [2.24, 2.45) is 0 Å². The third kappa shape index (κ3) is 5.68. The molecule has 0 fully saturated rings. The van der Waals surface area contributed by atoms with E-state index in [0.717, 1.165) is 11.1 Å². The molecule has 3 aromatic rings. The summed E-state index contributed by atoms with van der Waals surface area (Å²) >= 11 is 1.20. The van der Waals surface area contributed by atoms with Crippen LogP contribution in [0.25, 0.3) is 0 Å². The summed E-state index contributed by atoms with van der Waals surface area (Å²) in [5.74, 6) is -0.386. The zero-order valence-corrected chi connectivity index (χ0v) is 15.6. The van der Waals surface area contributed by atoms with Gasteiger partial charge in [-0.05, 0) is 30.7 Å². The van der Waals surface area contributed by atoms with Gasteiger partial charge in [0, 0.05) is 37.5 Å². The number of nitrogens with zero attached hydrogens (tertiary/aromatic N) is 3. The molecule has 0 aliphatic heterocycles. The van der Waals surface area contributed by atoms with Gasteiger partial charge in [-0.1, -0.05) is 35.1 Å². The molecule has 2 heterocycles. The number of carbonyl (C=O) groups is 2. The first-order valence-corrected chi connectivity index (χ1v) is 9.28. The average Bonchev–Trinajstić information content (AvgIpc) is 3.16. The number of aromatic nitrogens is 3. The van der Waals surface area contributed by atoms with E-state index in [9.17, 15) is 9.59 Å². The second-order valence-corrected chi connectivity index (χ2v) is 7.02. The number of carbonyl (C=O) groups excluding carboxylic acids is 2. The fraction of sp³-hybridized carbons (Fsp3) is 0.211. The van der Waals surface area contributed by atoms with Gasteiger partial charge in [-0.25, -0.2) is 0 Å². The van der Waals surface area contributed by atoms with E-state index in [1.54, 1.807) is 12.4 Å². The van der Waals surface area contributed by atoms with Crippen LogP contribution in [0.1, 0.15) is 32.4 Å². The fourth-order valence-corrected chi connectivity index (χ4v) is 3.01. The Morgan fingerprint density at radius 3 is 2.67 bits per heavy atom. The maximum atomic E-state index is 12.2. The van der Waals surface area contributed by atoms with Gasteiger partial charge in [0.2, 0.25) is 10.9 Å². The Labute approximate surface area is 160 Å². The summed E-state index contributed by atoms with van der Waals surface area (Å²) < 4.78 is 0. The molecule has 2 N–H and O–H groups in total. The second-order valence-electron chi connectivity index (χ2n) is 5.96. The molecule has 138 valence electrons. The molecule has 2 aromatic heterocycles. The van der Waals surface area contributed by atoms with Crippen molar-refractivity contribution in [2.45, 2.75) is 26.3 Å². The lowest BCUT2D eigenvalue weighted by atomic mass is 10.2. The molecule has 0 unspecified atom stereocenters. The quantitative estimate of drug-likeness (QED) is 0.656. The van der Waals surface area contributed by atoms with Crippen molar-refractivity contribution in [3.05, 3.63) is 69.9 Å². The molecule has 3 rings (SSSR count). The Morgan fingerprint density at radius 1 is 1.11 bits per heavy atom. The molecule has 8 heteroatoms. The highest BCUT2D eigenvalue weighted by Crippen LogP contribution is 2.15. The first-order chi connectivity index (χ1) is 13.1. The minimum Gasteiger partial charge on any atom is -0.352 e. The first kappa shape index (κ1) is 18.7. The Balaban J connectivity index is 1.46. The predicted molar refractivity (Wildman–Crippen MR) is 103 cm³/mol. The van der Waals surface area contributed by atoms with Crippen LogP contribution >= 0.6 is 11.3 Å². The Bertz CT molecular complexity index is 909. The molecule has 27 heavy (non-hydrogen) atoms. The number of aryl methyl sites for hydroxylation is 2. The minimum atomic E-state index is -0.302. The lowest BCUT2D eigenvalue weighted by Crippen LogP contribution is -2.23. The highest BCUT2D eigenvalue weighted by molar-refractivity contribution is 7.13. The normalized spacial score (nSPS) is 10.4. The third-order valence-corrected chi connectivity index (χ3v) is 4.73. The van der Waals surface area contributed by atoms with E-state index in [4.69, 9.17) is 0 Å². The molecule has 2 amide bonds. The molecule has 0 aliphatic carbocycles. The molecule has 0 aliphatic rings. The van der Waals surface area contributed by atoms with Crippen molar-refractivity contribution in [3.8, 4) is 0 Å². The van der Waals surface area contributed by atoms with Crippen molar-refractivity contribution >= 4 is 28.8 Å². The molecule has 1 aromatic carbocycles. The lowest BCUT2D eigenvalue weighted by Gasteiger charge is -2.03. The van der Waals surface area contributed by atoms with Gasteiger partial charge in [0.05, 0.1) is 0 Å². The van der Waals surface area contributed by atoms with E-state index in [2.05, 4.69) is 25.8 Å². The number of anilines is 1. The van der Waals surface area contributed by atoms with Gasteiger partial charge in [0.1, 0.15) is 5.01 Å². The number of pyridine rings is 1. The number of rotatable bonds is 7. The fourth-order valence-electron chi connectivity index (χ4n) is 2.28. The first-order valence-electron chi connectivity index (χ1n) is 8.46. The average molecular weight is 381 g/mol. The summed E-state index contributed by atoms with van der Waals surface area (Å²) in [6.45, 7) is 2.42. The molecule has 0 saturated heterocycles. The van der Waals surface area contributed by atoms with Crippen LogP contribution < -0.4 is 10.6 Å². The van der Waals surface area contributed by atoms with Crippen molar-refractivity contribution in [1.82, 2.24) is 20.5 Å². The van der Waals surface area contributed by atoms with Crippen LogP contribution in [0.5, 0.6) is 0 Å². The third-order valence-electron chi connectivity index (χ3n) is 3.75. The molecule has 0 atom stereocenters. The molecule has 0 spiro atoms. The summed E-state index contributed by atoms with van der Waals surface area (Å²) in [5.41, 5.74) is 2.77. The number of hydrogen-bond donors (Lipinski definition) is 2. The van der Waals surface area contributed by atoms with Gasteiger partial charge in [-0.2, -0.15) is 0 Å². The van der Waals surface area contributed by atoms with Crippen molar-refractivity contribution in [2.75, 3.05) is 5.32 Å². The standard InChI is InChI=1S/C19H19N5O2S/c1-13-4-6-15(7-5-13)22-18(26)19-24-23-17(27-19)9-8-16(25)21-12-14-3-2-10-20-11-14/h2-7,10-11H,8-9,12H2,1H3,(H,21,25)(H,22,26). The highest BCUT2D eigenvalue weighted by atomic mass is 32.1. The summed E-state index contributed by atoms with van der Waals surface area (Å²) in [7, 11) is 0. The van der Waals surface area contributed by atoms with Crippen LogP contribution in [0, 0.1) is 6.92 Å². The number of nitrogens with one attached hydrogen (secondary N) is 2. The van der Waals surface area contributed by atoms with Crippen LogP contribution in [0.15, 0.2) is 48.8 Å². The smallest absolute Gasteiger partial charge is 0.286 e. The lowest BCUT2D eigenvalue weighted by molar-refractivity contribution is -0.121. The van der Waals surface area contributed by atoms with E-state index >= 15 is 0 Å². The van der Waals surface area contributed by atoms with E-state index in [1.165, 1.54) is 11.3 Å². The van der Waals surface area contributed by atoms with Gasteiger partial charge in [0.25, 0.3) is 5.91 Å². The molecule has 0 radical (unpaired) electrons. The largest absolute Gasteiger partial charge is 0.352 e. The van der Waals surface area contributed by atoms with Gasteiger partial charge < -0.3 is 10.6 Å². The maximum absolute atomic E-state index is 12.2. The van der Waals surface area contributed by atoms with Crippen molar-refractivity contribution < 1.29 is 9.59 Å².